The van der Waals surface area contributed by atoms with E-state index in [0.717, 1.165) is 0 Å². The zero-order valence-corrected chi connectivity index (χ0v) is 15.2. The molecule has 0 spiro atoms. The first-order valence-corrected chi connectivity index (χ1v) is 8.54. The van der Waals surface area contributed by atoms with Crippen molar-refractivity contribution in [2.45, 2.75) is 13.0 Å². The van der Waals surface area contributed by atoms with Crippen LogP contribution in [0.3, 0.4) is 0 Å². The second-order valence-corrected chi connectivity index (χ2v) is 6.01. The highest BCUT2D eigenvalue weighted by molar-refractivity contribution is 5.94. The largest absolute Gasteiger partial charge is 0.493 e. The maximum atomic E-state index is 12.1. The Kier molecular flexibility index (Phi) is 5.80. The lowest BCUT2D eigenvalue weighted by atomic mass is 10.1. The molecule has 0 fully saturated rings. The number of amides is 1. The number of ketones is 1. The molecule has 7 nitrogen and oxygen atoms in total. The molecular weight excluding hydrogens is 350 g/mol. The summed E-state index contributed by atoms with van der Waals surface area (Å²) in [6.07, 6.45) is -0.270. The average molecular weight is 371 g/mol. The van der Waals surface area contributed by atoms with Gasteiger partial charge in [0, 0.05) is 5.56 Å². The number of hydrogen-bond donors (Lipinski definition) is 1. The lowest BCUT2D eigenvalue weighted by Crippen LogP contribution is -2.42. The summed E-state index contributed by atoms with van der Waals surface area (Å²) in [6, 6.07) is 12.2. The van der Waals surface area contributed by atoms with Crippen molar-refractivity contribution in [3.05, 3.63) is 48.0 Å². The molecule has 0 aliphatic carbocycles. The number of fused-ring (bicyclic) bond motifs is 1. The summed E-state index contributed by atoms with van der Waals surface area (Å²) in [5.74, 6) is 1.78. The van der Waals surface area contributed by atoms with Crippen molar-refractivity contribution >= 4 is 11.7 Å². The molecule has 1 amide bonds. The second kappa shape index (κ2) is 8.44. The third kappa shape index (κ3) is 4.69. The second-order valence-electron chi connectivity index (χ2n) is 6.01. The number of Topliss-reactive ketones (excluding diaryl/α,β-unsaturated/α-hetero) is 1. The van der Waals surface area contributed by atoms with Crippen LogP contribution in [0.15, 0.2) is 42.5 Å². The Balaban J connectivity index is 1.48. The molecule has 3 rings (SSSR count). The molecule has 1 N–H and O–H groups in total. The molecule has 1 heterocycles. The summed E-state index contributed by atoms with van der Waals surface area (Å²) in [5.41, 5.74) is 0.512. The molecule has 0 radical (unpaired) electrons. The molecule has 2 aromatic carbocycles. The Morgan fingerprint density at radius 1 is 1.15 bits per heavy atom. The van der Waals surface area contributed by atoms with Crippen LogP contribution >= 0.6 is 0 Å². The van der Waals surface area contributed by atoms with Crippen LogP contribution in [0.5, 0.6) is 23.0 Å². The predicted molar refractivity (Wildman–Crippen MR) is 97.9 cm³/mol. The number of methoxy groups -OCH3 is 1. The molecule has 0 saturated carbocycles. The first-order valence-electron chi connectivity index (χ1n) is 8.54. The summed E-state index contributed by atoms with van der Waals surface area (Å²) >= 11 is 0. The lowest BCUT2D eigenvalue weighted by Gasteiger charge is -2.26. The number of carbonyl (C=O) groups excluding carboxylic acids is 2. The van der Waals surface area contributed by atoms with Crippen molar-refractivity contribution in [3.63, 3.8) is 0 Å². The van der Waals surface area contributed by atoms with Crippen molar-refractivity contribution in [3.8, 4) is 23.0 Å². The van der Waals surface area contributed by atoms with Gasteiger partial charge in [-0.25, -0.2) is 0 Å². The molecule has 27 heavy (non-hydrogen) atoms. The van der Waals surface area contributed by atoms with Gasteiger partial charge in [0.2, 0.25) is 0 Å². The van der Waals surface area contributed by atoms with Gasteiger partial charge >= 0.3 is 0 Å². The van der Waals surface area contributed by atoms with Crippen molar-refractivity contribution in [2.75, 3.05) is 26.9 Å². The molecule has 0 saturated heterocycles. The molecule has 0 unspecified atom stereocenters. The average Bonchev–Trinajstić information content (AvgIpc) is 2.70. The number of hydrogen-bond acceptors (Lipinski definition) is 6. The maximum absolute atomic E-state index is 12.1. The summed E-state index contributed by atoms with van der Waals surface area (Å²) in [5, 5.41) is 2.76. The van der Waals surface area contributed by atoms with E-state index in [1.807, 2.05) is 24.3 Å². The quantitative estimate of drug-likeness (QED) is 0.752. The summed E-state index contributed by atoms with van der Waals surface area (Å²) in [7, 11) is 1.48. The number of ether oxygens (including phenoxy) is 4. The van der Waals surface area contributed by atoms with E-state index in [0.29, 0.717) is 41.7 Å². The maximum Gasteiger partial charge on any atom is 0.258 e. The zero-order chi connectivity index (χ0) is 19.2. The van der Waals surface area contributed by atoms with E-state index in [2.05, 4.69) is 5.32 Å². The minimum absolute atomic E-state index is 0.0751. The number of nitrogens with one attached hydrogen (secondary N) is 1. The van der Waals surface area contributed by atoms with E-state index in [4.69, 9.17) is 18.9 Å². The molecule has 0 bridgehead atoms. The van der Waals surface area contributed by atoms with E-state index >= 15 is 0 Å². The van der Waals surface area contributed by atoms with Crippen LogP contribution in [0.1, 0.15) is 17.3 Å². The minimum Gasteiger partial charge on any atom is -0.493 e. The predicted octanol–water partition coefficient (Wildman–Crippen LogP) is 2.23. The van der Waals surface area contributed by atoms with E-state index in [9.17, 15) is 9.59 Å². The highest BCUT2D eigenvalue weighted by atomic mass is 16.6. The Morgan fingerprint density at radius 3 is 2.67 bits per heavy atom. The fourth-order valence-electron chi connectivity index (χ4n) is 2.59. The van der Waals surface area contributed by atoms with Crippen molar-refractivity contribution in [1.29, 1.82) is 0 Å². The molecule has 0 aromatic heterocycles. The Bertz CT molecular complexity index is 835. The van der Waals surface area contributed by atoms with Gasteiger partial charge in [0.1, 0.15) is 12.7 Å². The fourth-order valence-corrected chi connectivity index (χ4v) is 2.59. The minimum atomic E-state index is -0.296. The van der Waals surface area contributed by atoms with Crippen LogP contribution < -0.4 is 24.3 Å². The van der Waals surface area contributed by atoms with Gasteiger partial charge in [0.25, 0.3) is 5.91 Å². The van der Waals surface area contributed by atoms with Crippen LogP contribution in [0, 0.1) is 0 Å². The van der Waals surface area contributed by atoms with E-state index in [-0.39, 0.29) is 24.4 Å². The fraction of sp³-hybridized carbons (Fsp3) is 0.300. The molecule has 1 aliphatic heterocycles. The molecular formula is C20H21NO6. The Labute approximate surface area is 157 Å². The number of rotatable bonds is 7. The van der Waals surface area contributed by atoms with Gasteiger partial charge < -0.3 is 24.3 Å². The van der Waals surface area contributed by atoms with Gasteiger partial charge in [-0.2, -0.15) is 0 Å². The first-order chi connectivity index (χ1) is 13.1. The van der Waals surface area contributed by atoms with Crippen LogP contribution in [-0.2, 0) is 4.79 Å². The highest BCUT2D eigenvalue weighted by Crippen LogP contribution is 2.30. The monoisotopic (exact) mass is 371 g/mol. The van der Waals surface area contributed by atoms with Crippen LogP contribution in [0.4, 0.5) is 0 Å². The van der Waals surface area contributed by atoms with E-state index in [1.54, 1.807) is 18.2 Å². The van der Waals surface area contributed by atoms with Crippen molar-refractivity contribution < 1.29 is 28.5 Å². The Hall–Kier alpha value is -3.22. The number of carbonyl (C=O) groups is 2. The zero-order valence-electron chi connectivity index (χ0n) is 15.2. The van der Waals surface area contributed by atoms with Gasteiger partial charge in [-0.05, 0) is 37.3 Å². The molecule has 1 aliphatic rings. The SMILES string of the molecule is COc1cc(C(C)=O)ccc1OCC(=O)NC[C@H]1COc2ccccc2O1. The topological polar surface area (TPSA) is 83.1 Å². The third-order valence-electron chi connectivity index (χ3n) is 4.02. The smallest absolute Gasteiger partial charge is 0.258 e. The molecule has 142 valence electrons. The van der Waals surface area contributed by atoms with Gasteiger partial charge in [-0.3, -0.25) is 9.59 Å². The van der Waals surface area contributed by atoms with Crippen molar-refractivity contribution in [2.24, 2.45) is 0 Å². The lowest BCUT2D eigenvalue weighted by molar-refractivity contribution is -0.123. The standard InChI is InChI=1S/C20H21NO6/c1-13(22)14-7-8-17(19(9-14)24-2)26-12-20(23)21-10-15-11-25-16-5-3-4-6-18(16)27-15/h3-9,15H,10-12H2,1-2H3,(H,21,23)/t15-/m0/s1. The van der Waals surface area contributed by atoms with E-state index < -0.39 is 0 Å². The molecule has 2 aromatic rings. The van der Waals surface area contributed by atoms with Gasteiger partial charge in [-0.1, -0.05) is 12.1 Å². The Morgan fingerprint density at radius 2 is 1.93 bits per heavy atom. The van der Waals surface area contributed by atoms with Crippen molar-refractivity contribution in [1.82, 2.24) is 5.32 Å². The summed E-state index contributed by atoms with van der Waals surface area (Å²) in [4.78, 5) is 23.5. The number of benzene rings is 2. The normalized spacial score (nSPS) is 15.0. The summed E-state index contributed by atoms with van der Waals surface area (Å²) < 4.78 is 22.1. The van der Waals surface area contributed by atoms with Gasteiger partial charge in [0.05, 0.1) is 13.7 Å². The summed E-state index contributed by atoms with van der Waals surface area (Å²) in [6.45, 7) is 1.95. The van der Waals surface area contributed by atoms with Gasteiger partial charge in [0.15, 0.2) is 35.4 Å². The first kappa shape index (κ1) is 18.6. The van der Waals surface area contributed by atoms with Crippen LogP contribution in [0.25, 0.3) is 0 Å². The van der Waals surface area contributed by atoms with Gasteiger partial charge in [-0.15, -0.1) is 0 Å². The highest BCUT2D eigenvalue weighted by Gasteiger charge is 2.21. The van der Waals surface area contributed by atoms with Crippen LogP contribution in [-0.4, -0.2) is 44.7 Å². The van der Waals surface area contributed by atoms with E-state index in [1.165, 1.54) is 14.0 Å². The third-order valence-corrected chi connectivity index (χ3v) is 4.02. The van der Waals surface area contributed by atoms with Crippen LogP contribution in [0.2, 0.25) is 0 Å². The molecule has 7 heteroatoms. The molecule has 1 atom stereocenters. The number of para-hydroxylation sites is 2.